The third kappa shape index (κ3) is 4.48. The largest absolute Gasteiger partial charge is 0.332 e. The van der Waals surface area contributed by atoms with Crippen molar-refractivity contribution in [1.29, 1.82) is 0 Å². The van der Waals surface area contributed by atoms with Crippen molar-refractivity contribution in [3.8, 4) is 0 Å². The predicted molar refractivity (Wildman–Crippen MR) is 86.9 cm³/mol. The molecule has 21 heavy (non-hydrogen) atoms. The summed E-state index contributed by atoms with van der Waals surface area (Å²) < 4.78 is 0. The van der Waals surface area contributed by atoms with Crippen LogP contribution in [0.25, 0.3) is 0 Å². The van der Waals surface area contributed by atoms with Crippen LogP contribution in [0.4, 0.5) is 10.5 Å². The average Bonchev–Trinajstić information content (AvgIpc) is 2.79. The van der Waals surface area contributed by atoms with E-state index in [1.165, 1.54) is 0 Å². The summed E-state index contributed by atoms with van der Waals surface area (Å²) in [6.45, 7) is 7.76. The molecule has 0 bridgehead atoms. The van der Waals surface area contributed by atoms with Crippen molar-refractivity contribution in [2.75, 3.05) is 31.5 Å². The second-order valence-corrected chi connectivity index (χ2v) is 5.84. The van der Waals surface area contributed by atoms with E-state index in [1.54, 1.807) is 18.2 Å². The molecule has 1 heterocycles. The highest BCUT2D eigenvalue weighted by Crippen LogP contribution is 2.22. The molecule has 0 aromatic heterocycles. The molecule has 0 unspecified atom stereocenters. The number of carbonyl (C=O) groups excluding carboxylic acids is 1. The van der Waals surface area contributed by atoms with Gasteiger partial charge in [0.15, 0.2) is 0 Å². The van der Waals surface area contributed by atoms with Gasteiger partial charge in [0.1, 0.15) is 0 Å². The van der Waals surface area contributed by atoms with Crippen molar-refractivity contribution < 1.29 is 4.79 Å². The maximum absolute atomic E-state index is 12.0. The van der Waals surface area contributed by atoms with Gasteiger partial charge in [-0.3, -0.25) is 0 Å². The number of carbonyl (C=O) groups is 1. The number of nitrogens with one attached hydrogen (secondary N) is 2. The Bertz CT molecular complexity index is 479. The van der Waals surface area contributed by atoms with Gasteiger partial charge in [0.05, 0.1) is 6.04 Å². The summed E-state index contributed by atoms with van der Waals surface area (Å²) in [5.41, 5.74) is 0.586. The van der Waals surface area contributed by atoms with Crippen molar-refractivity contribution in [3.05, 3.63) is 28.2 Å². The molecule has 1 aromatic rings. The number of likely N-dealkylation sites (N-methyl/N-ethyl adjacent to an activating group) is 2. The molecule has 116 valence electrons. The van der Waals surface area contributed by atoms with E-state index >= 15 is 0 Å². The third-order valence-corrected chi connectivity index (χ3v) is 3.88. The van der Waals surface area contributed by atoms with Crippen molar-refractivity contribution in [2.24, 2.45) is 0 Å². The topological polar surface area (TPSA) is 47.6 Å². The average molecular weight is 331 g/mol. The van der Waals surface area contributed by atoms with E-state index in [-0.39, 0.29) is 12.1 Å². The Morgan fingerprint density at radius 2 is 1.67 bits per heavy atom. The standard InChI is InChI=1S/C14H20Cl2N4O/c1-3-19-8-13(9-20(19)4-2)18-14(21)17-12-6-10(15)5-11(16)7-12/h5-7,13H,3-4,8-9H2,1-2H3,(H2,17,18,21). The van der Waals surface area contributed by atoms with E-state index in [2.05, 4.69) is 34.5 Å². The first-order valence-electron chi connectivity index (χ1n) is 7.05. The minimum atomic E-state index is -0.243. The number of hydrogen-bond acceptors (Lipinski definition) is 3. The quantitative estimate of drug-likeness (QED) is 0.891. The first-order chi connectivity index (χ1) is 10.0. The summed E-state index contributed by atoms with van der Waals surface area (Å²) in [6, 6.07) is 4.82. The van der Waals surface area contributed by atoms with Crippen LogP contribution in [0.1, 0.15) is 13.8 Å². The summed E-state index contributed by atoms with van der Waals surface area (Å²) in [7, 11) is 0. The second kappa shape index (κ2) is 7.31. The normalized spacial score (nSPS) is 17.1. The Labute approximate surface area is 135 Å². The highest BCUT2D eigenvalue weighted by Gasteiger charge is 2.28. The van der Waals surface area contributed by atoms with E-state index < -0.39 is 0 Å². The van der Waals surface area contributed by atoms with Crippen LogP contribution in [0.5, 0.6) is 0 Å². The summed E-state index contributed by atoms with van der Waals surface area (Å²) >= 11 is 11.8. The summed E-state index contributed by atoms with van der Waals surface area (Å²) in [5.74, 6) is 0. The maximum atomic E-state index is 12.0. The number of halogens is 2. The molecular weight excluding hydrogens is 311 g/mol. The minimum Gasteiger partial charge on any atom is -0.332 e. The van der Waals surface area contributed by atoms with Gasteiger partial charge in [0.2, 0.25) is 0 Å². The lowest BCUT2D eigenvalue weighted by Crippen LogP contribution is -2.41. The Morgan fingerprint density at radius 3 is 2.14 bits per heavy atom. The number of benzene rings is 1. The highest BCUT2D eigenvalue weighted by molar-refractivity contribution is 6.35. The van der Waals surface area contributed by atoms with Gasteiger partial charge < -0.3 is 10.6 Å². The number of rotatable bonds is 4. The van der Waals surface area contributed by atoms with Gasteiger partial charge in [-0.1, -0.05) is 37.0 Å². The molecular formula is C14H20Cl2N4O. The van der Waals surface area contributed by atoms with Crippen LogP contribution in [-0.4, -0.2) is 48.3 Å². The first-order valence-corrected chi connectivity index (χ1v) is 7.80. The van der Waals surface area contributed by atoms with Gasteiger partial charge in [0.25, 0.3) is 0 Å². The lowest BCUT2D eigenvalue weighted by Gasteiger charge is -2.24. The second-order valence-electron chi connectivity index (χ2n) is 4.96. The Kier molecular flexibility index (Phi) is 5.70. The Morgan fingerprint density at radius 1 is 1.14 bits per heavy atom. The summed E-state index contributed by atoms with van der Waals surface area (Å²) in [4.78, 5) is 12.0. The molecule has 0 spiro atoms. The van der Waals surface area contributed by atoms with Gasteiger partial charge in [-0.05, 0) is 18.2 Å². The number of hydrazine groups is 1. The number of hydrogen-bond donors (Lipinski definition) is 2. The third-order valence-electron chi connectivity index (χ3n) is 3.45. The zero-order chi connectivity index (χ0) is 15.4. The van der Waals surface area contributed by atoms with Crippen LogP contribution in [0.3, 0.4) is 0 Å². The lowest BCUT2D eigenvalue weighted by atomic mass is 10.3. The van der Waals surface area contributed by atoms with E-state index in [9.17, 15) is 4.79 Å². The van der Waals surface area contributed by atoms with E-state index in [4.69, 9.17) is 23.2 Å². The summed E-state index contributed by atoms with van der Waals surface area (Å²) in [5, 5.41) is 11.2. The number of anilines is 1. The molecule has 1 saturated heterocycles. The fourth-order valence-corrected chi connectivity index (χ4v) is 3.05. The van der Waals surface area contributed by atoms with Gasteiger partial charge in [-0.15, -0.1) is 0 Å². The van der Waals surface area contributed by atoms with Crippen LogP contribution >= 0.6 is 23.2 Å². The van der Waals surface area contributed by atoms with E-state index in [1.807, 2.05) is 0 Å². The smallest absolute Gasteiger partial charge is 0.319 e. The van der Waals surface area contributed by atoms with Gasteiger partial charge in [-0.25, -0.2) is 14.8 Å². The van der Waals surface area contributed by atoms with Crippen molar-refractivity contribution >= 4 is 34.9 Å². The fourth-order valence-electron chi connectivity index (χ4n) is 2.53. The molecule has 1 aromatic carbocycles. The Balaban J connectivity index is 1.90. The minimum absolute atomic E-state index is 0.111. The van der Waals surface area contributed by atoms with Gasteiger partial charge in [0, 0.05) is 41.9 Å². The van der Waals surface area contributed by atoms with Crippen molar-refractivity contribution in [3.63, 3.8) is 0 Å². The molecule has 2 N–H and O–H groups in total. The summed E-state index contributed by atoms with van der Waals surface area (Å²) in [6.07, 6.45) is 0. The monoisotopic (exact) mass is 330 g/mol. The molecule has 7 heteroatoms. The molecule has 1 aliphatic heterocycles. The predicted octanol–water partition coefficient (Wildman–Crippen LogP) is 3.06. The molecule has 1 fully saturated rings. The number of urea groups is 1. The molecule has 0 saturated carbocycles. The molecule has 0 atom stereocenters. The lowest BCUT2D eigenvalue weighted by molar-refractivity contribution is 0.0388. The van der Waals surface area contributed by atoms with E-state index in [0.717, 1.165) is 26.2 Å². The van der Waals surface area contributed by atoms with Crippen LogP contribution < -0.4 is 10.6 Å². The molecule has 0 radical (unpaired) electrons. The highest BCUT2D eigenvalue weighted by atomic mass is 35.5. The van der Waals surface area contributed by atoms with Crippen LogP contribution in [0, 0.1) is 0 Å². The number of amides is 2. The number of nitrogens with zero attached hydrogens (tertiary/aromatic N) is 2. The van der Waals surface area contributed by atoms with Crippen molar-refractivity contribution in [2.45, 2.75) is 19.9 Å². The molecule has 1 aliphatic rings. The van der Waals surface area contributed by atoms with Crippen LogP contribution in [0.2, 0.25) is 10.0 Å². The molecule has 2 amide bonds. The zero-order valence-corrected chi connectivity index (χ0v) is 13.7. The van der Waals surface area contributed by atoms with Gasteiger partial charge >= 0.3 is 6.03 Å². The SMILES string of the molecule is CCN1CC(NC(=O)Nc2cc(Cl)cc(Cl)c2)CN1CC. The molecule has 0 aliphatic carbocycles. The van der Waals surface area contributed by atoms with Gasteiger partial charge in [-0.2, -0.15) is 0 Å². The molecule has 5 nitrogen and oxygen atoms in total. The fraction of sp³-hybridized carbons (Fsp3) is 0.500. The maximum Gasteiger partial charge on any atom is 0.319 e. The van der Waals surface area contributed by atoms with Crippen molar-refractivity contribution in [1.82, 2.24) is 15.3 Å². The van der Waals surface area contributed by atoms with Crippen LogP contribution in [0.15, 0.2) is 18.2 Å². The Hall–Kier alpha value is -1.01. The first kappa shape index (κ1) is 16.4. The zero-order valence-electron chi connectivity index (χ0n) is 12.2. The molecule has 2 rings (SSSR count). The van der Waals surface area contributed by atoms with Crippen LogP contribution in [-0.2, 0) is 0 Å². The van der Waals surface area contributed by atoms with E-state index in [0.29, 0.717) is 15.7 Å².